The lowest BCUT2D eigenvalue weighted by Crippen LogP contribution is -2.18. The van der Waals surface area contributed by atoms with Gasteiger partial charge >= 0.3 is 0 Å². The van der Waals surface area contributed by atoms with E-state index in [9.17, 15) is 9.59 Å². The number of amidine groups is 1. The molecule has 3 N–H and O–H groups in total. The van der Waals surface area contributed by atoms with Crippen molar-refractivity contribution in [1.82, 2.24) is 9.88 Å². The van der Waals surface area contributed by atoms with Gasteiger partial charge in [-0.3, -0.25) is 15.0 Å². The molecule has 1 aliphatic rings. The average Bonchev–Trinajstić information content (AvgIpc) is 3.16. The predicted octanol–water partition coefficient (Wildman–Crippen LogP) is 3.42. The molecule has 6 nitrogen and oxygen atoms in total. The first-order chi connectivity index (χ1) is 13.1. The number of carbonyl (C=O) groups is 2. The van der Waals surface area contributed by atoms with E-state index in [0.717, 1.165) is 33.9 Å². The highest BCUT2D eigenvalue weighted by Gasteiger charge is 2.23. The number of amides is 2. The second-order valence-corrected chi connectivity index (χ2v) is 7.09. The summed E-state index contributed by atoms with van der Waals surface area (Å²) in [7, 11) is 0. The molecule has 4 rings (SSSR count). The summed E-state index contributed by atoms with van der Waals surface area (Å²) in [5.74, 6) is -0.403. The van der Waals surface area contributed by atoms with E-state index >= 15 is 0 Å². The van der Waals surface area contributed by atoms with Gasteiger partial charge in [-0.2, -0.15) is 0 Å². The Bertz CT molecular complexity index is 1090. The Hall–Kier alpha value is -3.32. The number of hydrogen-bond acceptors (Lipinski definition) is 4. The van der Waals surface area contributed by atoms with Crippen LogP contribution in [-0.2, 0) is 16.1 Å². The van der Waals surface area contributed by atoms with E-state index in [1.165, 1.54) is 0 Å². The number of para-hydroxylation sites is 2. The third-order valence-electron chi connectivity index (χ3n) is 4.14. The molecule has 0 bridgehead atoms. The van der Waals surface area contributed by atoms with Crippen molar-refractivity contribution in [2.24, 2.45) is 0 Å². The van der Waals surface area contributed by atoms with Crippen LogP contribution in [0.5, 0.6) is 0 Å². The number of rotatable bonds is 4. The zero-order valence-electron chi connectivity index (χ0n) is 14.2. The van der Waals surface area contributed by atoms with Gasteiger partial charge in [-0.1, -0.05) is 36.4 Å². The van der Waals surface area contributed by atoms with E-state index in [4.69, 9.17) is 5.41 Å². The Labute approximate surface area is 159 Å². The molecule has 7 heteroatoms. The lowest BCUT2D eigenvalue weighted by molar-refractivity contribution is -0.117. The molecule has 0 atom stereocenters. The summed E-state index contributed by atoms with van der Waals surface area (Å²) in [6, 6.07) is 17.0. The maximum absolute atomic E-state index is 12.4. The van der Waals surface area contributed by atoms with Crippen LogP contribution < -0.4 is 10.6 Å². The van der Waals surface area contributed by atoms with Gasteiger partial charge in [0.05, 0.1) is 4.91 Å². The van der Waals surface area contributed by atoms with Crippen molar-refractivity contribution < 1.29 is 9.59 Å². The Balaban J connectivity index is 1.64. The quantitative estimate of drug-likeness (QED) is 0.610. The summed E-state index contributed by atoms with van der Waals surface area (Å²) < 4.78 is 1.86. The summed E-state index contributed by atoms with van der Waals surface area (Å²) in [4.78, 5) is 24.8. The molecule has 0 aliphatic carbocycles. The molecular weight excluding hydrogens is 360 g/mol. The van der Waals surface area contributed by atoms with Gasteiger partial charge in [0, 0.05) is 28.4 Å². The monoisotopic (exact) mass is 376 g/mol. The highest BCUT2D eigenvalue weighted by Crippen LogP contribution is 2.29. The third kappa shape index (κ3) is 3.63. The number of thioether (sulfide) groups is 1. The Morgan fingerprint density at radius 2 is 1.89 bits per heavy atom. The van der Waals surface area contributed by atoms with Crippen LogP contribution in [0.4, 0.5) is 5.69 Å². The molecule has 1 saturated heterocycles. The van der Waals surface area contributed by atoms with Crippen LogP contribution in [0.25, 0.3) is 17.0 Å². The minimum Gasteiger partial charge on any atom is -0.337 e. The number of nitrogens with zero attached hydrogens (tertiary/aromatic N) is 1. The van der Waals surface area contributed by atoms with Crippen molar-refractivity contribution in [3.05, 3.63) is 71.3 Å². The first-order valence-corrected chi connectivity index (χ1v) is 9.14. The Morgan fingerprint density at radius 1 is 1.15 bits per heavy atom. The molecular formula is C20H16N4O2S. The molecule has 27 heavy (non-hydrogen) atoms. The molecule has 0 unspecified atom stereocenters. The fraction of sp³-hybridized carbons (Fsp3) is 0.0500. The van der Waals surface area contributed by atoms with Crippen molar-refractivity contribution in [2.45, 2.75) is 6.54 Å². The number of hydrogen-bond donors (Lipinski definition) is 3. The van der Waals surface area contributed by atoms with E-state index in [2.05, 4.69) is 10.6 Å². The number of nitrogens with one attached hydrogen (secondary N) is 3. The van der Waals surface area contributed by atoms with Crippen LogP contribution >= 0.6 is 11.8 Å². The highest BCUT2D eigenvalue weighted by atomic mass is 32.2. The summed E-state index contributed by atoms with van der Waals surface area (Å²) in [5, 5.41) is 14.0. The van der Waals surface area contributed by atoms with Crippen LogP contribution in [0, 0.1) is 5.41 Å². The zero-order chi connectivity index (χ0) is 18.8. The molecule has 2 aromatic carbocycles. The number of aromatic nitrogens is 1. The van der Waals surface area contributed by atoms with Crippen molar-refractivity contribution in [3.63, 3.8) is 0 Å². The van der Waals surface area contributed by atoms with Crippen LogP contribution in [-0.4, -0.2) is 21.5 Å². The predicted molar refractivity (Wildman–Crippen MR) is 108 cm³/mol. The van der Waals surface area contributed by atoms with Crippen molar-refractivity contribution in [1.29, 1.82) is 5.41 Å². The molecule has 1 fully saturated rings. The van der Waals surface area contributed by atoms with E-state index < -0.39 is 0 Å². The molecule has 1 aromatic heterocycles. The minimum absolute atomic E-state index is 0.122. The average molecular weight is 376 g/mol. The third-order valence-corrected chi connectivity index (χ3v) is 4.97. The number of benzene rings is 2. The van der Waals surface area contributed by atoms with Crippen molar-refractivity contribution in [2.75, 3.05) is 5.32 Å². The topological polar surface area (TPSA) is 87.0 Å². The molecule has 0 saturated carbocycles. The van der Waals surface area contributed by atoms with E-state index in [1.54, 1.807) is 6.08 Å². The highest BCUT2D eigenvalue weighted by molar-refractivity contribution is 8.18. The SMILES string of the molecule is N=C1NC(=O)/C(=C/c2cn(CC(=O)Nc3ccccc3)c3ccccc23)S1. The van der Waals surface area contributed by atoms with Gasteiger partial charge in [-0.15, -0.1) is 0 Å². The van der Waals surface area contributed by atoms with Gasteiger partial charge < -0.3 is 15.2 Å². The first kappa shape index (κ1) is 17.1. The number of fused-ring (bicyclic) bond motifs is 1. The fourth-order valence-electron chi connectivity index (χ4n) is 2.98. The van der Waals surface area contributed by atoms with Gasteiger partial charge in [-0.25, -0.2) is 0 Å². The smallest absolute Gasteiger partial charge is 0.264 e. The second-order valence-electron chi connectivity index (χ2n) is 6.04. The normalized spacial score (nSPS) is 15.3. The van der Waals surface area contributed by atoms with Gasteiger partial charge in [0.25, 0.3) is 5.91 Å². The van der Waals surface area contributed by atoms with Gasteiger partial charge in [0.2, 0.25) is 5.91 Å². The Kier molecular flexibility index (Phi) is 4.52. The van der Waals surface area contributed by atoms with Crippen LogP contribution in [0.3, 0.4) is 0 Å². The number of carbonyl (C=O) groups excluding carboxylic acids is 2. The van der Waals surface area contributed by atoms with E-state index in [1.807, 2.05) is 65.4 Å². The molecule has 134 valence electrons. The zero-order valence-corrected chi connectivity index (χ0v) is 15.0. The largest absolute Gasteiger partial charge is 0.337 e. The van der Waals surface area contributed by atoms with E-state index in [-0.39, 0.29) is 23.5 Å². The summed E-state index contributed by atoms with van der Waals surface area (Å²) in [6.45, 7) is 0.160. The summed E-state index contributed by atoms with van der Waals surface area (Å²) in [5.41, 5.74) is 2.50. The van der Waals surface area contributed by atoms with Crippen molar-refractivity contribution in [3.8, 4) is 0 Å². The lowest BCUT2D eigenvalue weighted by Gasteiger charge is -2.07. The van der Waals surface area contributed by atoms with Gasteiger partial charge in [0.1, 0.15) is 6.54 Å². The molecule has 2 amide bonds. The molecule has 1 aliphatic heterocycles. The number of anilines is 1. The molecule has 0 spiro atoms. The second kappa shape index (κ2) is 7.13. The molecule has 2 heterocycles. The van der Waals surface area contributed by atoms with Crippen molar-refractivity contribution >= 4 is 51.4 Å². The first-order valence-electron chi connectivity index (χ1n) is 8.32. The van der Waals surface area contributed by atoms with Gasteiger partial charge in [-0.05, 0) is 36.0 Å². The minimum atomic E-state index is -0.274. The fourth-order valence-corrected chi connectivity index (χ4v) is 3.67. The lowest BCUT2D eigenvalue weighted by atomic mass is 10.1. The van der Waals surface area contributed by atoms with E-state index in [0.29, 0.717) is 4.91 Å². The Morgan fingerprint density at radius 3 is 2.63 bits per heavy atom. The van der Waals surface area contributed by atoms with Gasteiger partial charge in [0.15, 0.2) is 5.17 Å². The van der Waals surface area contributed by atoms with Crippen LogP contribution in [0.1, 0.15) is 5.56 Å². The maximum Gasteiger partial charge on any atom is 0.264 e. The summed E-state index contributed by atoms with van der Waals surface area (Å²) in [6.07, 6.45) is 3.62. The summed E-state index contributed by atoms with van der Waals surface area (Å²) >= 11 is 1.10. The van der Waals surface area contributed by atoms with Crippen LogP contribution in [0.15, 0.2) is 65.7 Å². The standard InChI is InChI=1S/C20H16N4O2S/c21-20-23-19(26)17(27-20)10-13-11-24(16-9-5-4-8-15(13)16)12-18(25)22-14-6-2-1-3-7-14/h1-11H,12H2,(H,22,25)(H2,21,23,26)/b17-10-. The maximum atomic E-state index is 12.4. The molecule has 0 radical (unpaired) electrons. The van der Waals surface area contributed by atoms with Crippen LogP contribution in [0.2, 0.25) is 0 Å². The molecule has 3 aromatic rings.